The summed E-state index contributed by atoms with van der Waals surface area (Å²) in [6.45, 7) is 1.99. The number of nitrogens with zero attached hydrogens (tertiary/aromatic N) is 5. The lowest BCUT2D eigenvalue weighted by Gasteiger charge is -2.11. The molecule has 1 atom stereocenters. The van der Waals surface area contributed by atoms with Crippen LogP contribution in [0.15, 0.2) is 53.9 Å². The molecule has 2 heterocycles. The predicted octanol–water partition coefficient (Wildman–Crippen LogP) is 3.64. The molecule has 0 saturated carbocycles. The van der Waals surface area contributed by atoms with Crippen LogP contribution in [0.4, 0.5) is 5.69 Å². The third kappa shape index (κ3) is 3.28. The SMILES string of the molecule is C[C@@H](Sc1nnc(-c2ccncc2)n1C)c1cccc([N+](=O)[O-])c1. The maximum absolute atomic E-state index is 10.9. The van der Waals surface area contributed by atoms with Crippen LogP contribution < -0.4 is 0 Å². The van der Waals surface area contributed by atoms with Crippen molar-refractivity contribution in [3.05, 3.63) is 64.5 Å². The molecule has 7 nitrogen and oxygen atoms in total. The first-order chi connectivity index (χ1) is 11.6. The van der Waals surface area contributed by atoms with Gasteiger partial charge >= 0.3 is 0 Å². The summed E-state index contributed by atoms with van der Waals surface area (Å²) >= 11 is 1.51. The van der Waals surface area contributed by atoms with Crippen LogP contribution in [-0.4, -0.2) is 24.7 Å². The molecule has 8 heteroatoms. The Morgan fingerprint density at radius 2 is 1.96 bits per heavy atom. The molecule has 0 spiro atoms. The summed E-state index contributed by atoms with van der Waals surface area (Å²) in [5.41, 5.74) is 1.91. The second-order valence-electron chi connectivity index (χ2n) is 5.21. The molecule has 3 rings (SSSR count). The number of nitro groups is 1. The van der Waals surface area contributed by atoms with Crippen LogP contribution in [0.25, 0.3) is 11.4 Å². The standard InChI is InChI=1S/C16H15N5O2S/c1-11(13-4-3-5-14(10-13)21(22)23)24-16-19-18-15(20(16)2)12-6-8-17-9-7-12/h3-11H,1-2H3/t11-/m1/s1. The molecular weight excluding hydrogens is 326 g/mol. The van der Waals surface area contributed by atoms with Crippen LogP contribution in [0, 0.1) is 10.1 Å². The van der Waals surface area contributed by atoms with Gasteiger partial charge in [0.2, 0.25) is 0 Å². The topological polar surface area (TPSA) is 86.7 Å². The van der Waals surface area contributed by atoms with Gasteiger partial charge in [0.1, 0.15) is 0 Å². The third-order valence-electron chi connectivity index (χ3n) is 3.61. The first-order valence-electron chi connectivity index (χ1n) is 7.27. The van der Waals surface area contributed by atoms with E-state index >= 15 is 0 Å². The van der Waals surface area contributed by atoms with Crippen LogP contribution in [-0.2, 0) is 7.05 Å². The van der Waals surface area contributed by atoms with Gasteiger partial charge in [0.05, 0.1) is 4.92 Å². The van der Waals surface area contributed by atoms with E-state index < -0.39 is 0 Å². The zero-order chi connectivity index (χ0) is 17.1. The van der Waals surface area contributed by atoms with Crippen molar-refractivity contribution < 1.29 is 4.92 Å². The van der Waals surface area contributed by atoms with Crippen molar-refractivity contribution in [3.63, 3.8) is 0 Å². The molecule has 0 amide bonds. The molecule has 0 saturated heterocycles. The molecule has 1 aromatic carbocycles. The van der Waals surface area contributed by atoms with E-state index in [9.17, 15) is 10.1 Å². The number of hydrogen-bond acceptors (Lipinski definition) is 6. The highest BCUT2D eigenvalue weighted by atomic mass is 32.2. The molecule has 3 aromatic rings. The highest BCUT2D eigenvalue weighted by Crippen LogP contribution is 2.35. The third-order valence-corrected chi connectivity index (χ3v) is 4.80. The van der Waals surface area contributed by atoms with Gasteiger partial charge < -0.3 is 4.57 Å². The van der Waals surface area contributed by atoms with E-state index in [1.165, 1.54) is 17.8 Å². The number of rotatable bonds is 5. The summed E-state index contributed by atoms with van der Waals surface area (Å²) < 4.78 is 1.91. The molecule has 122 valence electrons. The number of benzene rings is 1. The normalized spacial score (nSPS) is 12.1. The fourth-order valence-electron chi connectivity index (χ4n) is 2.29. The summed E-state index contributed by atoms with van der Waals surface area (Å²) in [6, 6.07) is 10.4. The minimum atomic E-state index is -0.384. The summed E-state index contributed by atoms with van der Waals surface area (Å²) in [7, 11) is 1.90. The van der Waals surface area contributed by atoms with Crippen molar-refractivity contribution in [2.75, 3.05) is 0 Å². The van der Waals surface area contributed by atoms with E-state index in [0.717, 1.165) is 22.1 Å². The lowest BCUT2D eigenvalue weighted by Crippen LogP contribution is -1.97. The number of nitro benzene ring substituents is 1. The minimum Gasteiger partial charge on any atom is -0.305 e. The molecule has 2 aromatic heterocycles. The average molecular weight is 341 g/mol. The fraction of sp³-hybridized carbons (Fsp3) is 0.188. The van der Waals surface area contributed by atoms with Crippen LogP contribution in [0.3, 0.4) is 0 Å². The van der Waals surface area contributed by atoms with E-state index in [2.05, 4.69) is 15.2 Å². The Morgan fingerprint density at radius 3 is 2.67 bits per heavy atom. The Morgan fingerprint density at radius 1 is 1.21 bits per heavy atom. The van der Waals surface area contributed by atoms with Gasteiger partial charge in [-0.1, -0.05) is 23.9 Å². The number of pyridine rings is 1. The Labute approximate surface area is 142 Å². The molecule has 24 heavy (non-hydrogen) atoms. The Kier molecular flexibility index (Phi) is 4.57. The lowest BCUT2D eigenvalue weighted by molar-refractivity contribution is -0.384. The zero-order valence-corrected chi connectivity index (χ0v) is 14.0. The van der Waals surface area contributed by atoms with Gasteiger partial charge in [0.25, 0.3) is 5.69 Å². The van der Waals surface area contributed by atoms with E-state index in [4.69, 9.17) is 0 Å². The number of aromatic nitrogens is 4. The minimum absolute atomic E-state index is 0.0121. The van der Waals surface area contributed by atoms with E-state index in [-0.39, 0.29) is 15.9 Å². The molecule has 0 fully saturated rings. The number of hydrogen-bond donors (Lipinski definition) is 0. The van der Waals surface area contributed by atoms with E-state index in [1.807, 2.05) is 36.7 Å². The van der Waals surface area contributed by atoms with Crippen molar-refractivity contribution in [1.29, 1.82) is 0 Å². The fourth-order valence-corrected chi connectivity index (χ4v) is 3.22. The molecule has 0 N–H and O–H groups in total. The molecular formula is C16H15N5O2S. The largest absolute Gasteiger partial charge is 0.305 e. The van der Waals surface area contributed by atoms with Gasteiger partial charge in [-0.05, 0) is 24.6 Å². The summed E-state index contributed by atoms with van der Waals surface area (Å²) in [5, 5.41) is 20.1. The van der Waals surface area contributed by atoms with Crippen LogP contribution in [0.2, 0.25) is 0 Å². The summed E-state index contributed by atoms with van der Waals surface area (Å²) in [6.07, 6.45) is 3.42. The maximum Gasteiger partial charge on any atom is 0.269 e. The van der Waals surface area contributed by atoms with Gasteiger partial charge in [-0.25, -0.2) is 0 Å². The molecule has 0 radical (unpaired) electrons. The van der Waals surface area contributed by atoms with E-state index in [1.54, 1.807) is 24.5 Å². The molecule has 0 aliphatic heterocycles. The lowest BCUT2D eigenvalue weighted by atomic mass is 10.1. The van der Waals surface area contributed by atoms with Gasteiger partial charge in [-0.15, -0.1) is 10.2 Å². The highest BCUT2D eigenvalue weighted by Gasteiger charge is 2.17. The van der Waals surface area contributed by atoms with Crippen molar-refractivity contribution in [2.45, 2.75) is 17.3 Å². The number of non-ortho nitro benzene ring substituents is 1. The second kappa shape index (κ2) is 6.79. The van der Waals surface area contributed by atoms with Crippen LogP contribution in [0.5, 0.6) is 0 Å². The predicted molar refractivity (Wildman–Crippen MR) is 91.6 cm³/mol. The first kappa shape index (κ1) is 16.1. The molecule has 0 aliphatic carbocycles. The second-order valence-corrected chi connectivity index (χ2v) is 6.52. The average Bonchev–Trinajstić information content (AvgIpc) is 2.96. The number of thioether (sulfide) groups is 1. The van der Waals surface area contributed by atoms with Gasteiger partial charge in [0, 0.05) is 42.4 Å². The summed E-state index contributed by atoms with van der Waals surface area (Å²) in [4.78, 5) is 14.5. The highest BCUT2D eigenvalue weighted by molar-refractivity contribution is 7.99. The Balaban J connectivity index is 1.83. The van der Waals surface area contributed by atoms with Gasteiger partial charge in [0.15, 0.2) is 11.0 Å². The van der Waals surface area contributed by atoms with Crippen LogP contribution >= 0.6 is 11.8 Å². The monoisotopic (exact) mass is 341 g/mol. The van der Waals surface area contributed by atoms with Gasteiger partial charge in [-0.2, -0.15) is 0 Å². The van der Waals surface area contributed by atoms with Gasteiger partial charge in [-0.3, -0.25) is 15.1 Å². The maximum atomic E-state index is 10.9. The van der Waals surface area contributed by atoms with Crippen molar-refractivity contribution in [2.24, 2.45) is 7.05 Å². The molecule has 0 aliphatic rings. The quantitative estimate of drug-likeness (QED) is 0.400. The van der Waals surface area contributed by atoms with Crippen molar-refractivity contribution in [3.8, 4) is 11.4 Å². The smallest absolute Gasteiger partial charge is 0.269 e. The van der Waals surface area contributed by atoms with E-state index in [0.29, 0.717) is 0 Å². The van der Waals surface area contributed by atoms with Crippen molar-refractivity contribution >= 4 is 17.4 Å². The molecule has 0 unspecified atom stereocenters. The summed E-state index contributed by atoms with van der Waals surface area (Å²) in [5.74, 6) is 0.756. The van der Waals surface area contributed by atoms with Crippen molar-refractivity contribution in [1.82, 2.24) is 19.7 Å². The first-order valence-corrected chi connectivity index (χ1v) is 8.15. The molecule has 0 bridgehead atoms. The van der Waals surface area contributed by atoms with Crippen LogP contribution in [0.1, 0.15) is 17.7 Å². The zero-order valence-electron chi connectivity index (χ0n) is 13.2. The Hall–Kier alpha value is -2.74. The Bertz CT molecular complexity index is 866.